The smallest absolute Gasteiger partial charge is 0.00773 e. The molecule has 0 amide bonds. The van der Waals surface area contributed by atoms with E-state index in [1.807, 2.05) is 0 Å². The molecule has 0 bridgehead atoms. The topological polar surface area (TPSA) is 26.0 Å². The lowest BCUT2D eigenvalue weighted by molar-refractivity contribution is 0.322. The molecule has 0 aromatic rings. The van der Waals surface area contributed by atoms with Gasteiger partial charge in [0.2, 0.25) is 0 Å². The van der Waals surface area contributed by atoms with Gasteiger partial charge in [-0.25, -0.2) is 0 Å². The lowest BCUT2D eigenvalue weighted by Gasteiger charge is -2.19. The van der Waals surface area contributed by atoms with Crippen LogP contribution in [0, 0.1) is 11.8 Å². The maximum absolute atomic E-state index is 5.46. The molecule has 0 saturated carbocycles. The molecule has 0 spiro atoms. The van der Waals surface area contributed by atoms with E-state index in [2.05, 4.69) is 20.8 Å². The Labute approximate surface area is 84.1 Å². The average Bonchev–Trinajstić information content (AvgIpc) is 2.10. The minimum Gasteiger partial charge on any atom is -0.330 e. The summed E-state index contributed by atoms with van der Waals surface area (Å²) in [7, 11) is 0. The van der Waals surface area contributed by atoms with Crippen LogP contribution in [0.25, 0.3) is 0 Å². The Morgan fingerprint density at radius 3 is 2.15 bits per heavy atom. The van der Waals surface area contributed by atoms with Crippen LogP contribution in [-0.4, -0.2) is 6.54 Å². The van der Waals surface area contributed by atoms with Gasteiger partial charge in [0.1, 0.15) is 0 Å². The summed E-state index contributed by atoms with van der Waals surface area (Å²) in [4.78, 5) is 0. The van der Waals surface area contributed by atoms with Gasteiger partial charge in [-0.15, -0.1) is 0 Å². The zero-order valence-electron chi connectivity index (χ0n) is 9.68. The molecule has 0 aromatic carbocycles. The highest BCUT2D eigenvalue weighted by Crippen LogP contribution is 2.23. The zero-order chi connectivity index (χ0) is 10.1. The molecule has 2 N–H and O–H groups in total. The maximum Gasteiger partial charge on any atom is -0.00773 e. The zero-order valence-corrected chi connectivity index (χ0v) is 9.68. The molecular formula is C12H27N. The Hall–Kier alpha value is -0.0400. The van der Waals surface area contributed by atoms with E-state index in [0.717, 1.165) is 18.4 Å². The normalized spacial score (nSPS) is 13.6. The Morgan fingerprint density at radius 1 is 1.00 bits per heavy atom. The highest BCUT2D eigenvalue weighted by Gasteiger charge is 2.11. The third kappa shape index (κ3) is 7.06. The molecule has 0 fully saturated rings. The lowest BCUT2D eigenvalue weighted by atomic mass is 9.87. The van der Waals surface area contributed by atoms with E-state index in [9.17, 15) is 0 Å². The molecule has 0 aromatic heterocycles. The van der Waals surface area contributed by atoms with Crippen molar-refractivity contribution in [1.29, 1.82) is 0 Å². The van der Waals surface area contributed by atoms with Crippen LogP contribution in [0.5, 0.6) is 0 Å². The Morgan fingerprint density at radius 2 is 1.69 bits per heavy atom. The van der Waals surface area contributed by atoms with Crippen molar-refractivity contribution >= 4 is 0 Å². The largest absolute Gasteiger partial charge is 0.330 e. The van der Waals surface area contributed by atoms with Crippen molar-refractivity contribution < 1.29 is 0 Å². The highest BCUT2D eigenvalue weighted by atomic mass is 14.5. The monoisotopic (exact) mass is 185 g/mol. The van der Waals surface area contributed by atoms with E-state index < -0.39 is 0 Å². The second-order valence-corrected chi connectivity index (χ2v) is 4.43. The van der Waals surface area contributed by atoms with Gasteiger partial charge in [0, 0.05) is 0 Å². The first-order chi connectivity index (χ1) is 6.22. The van der Waals surface area contributed by atoms with Crippen molar-refractivity contribution in [3.05, 3.63) is 0 Å². The standard InChI is InChI=1S/C12H27N/c1-4-8-12(11(2)3)9-6-5-7-10-13/h11-12H,4-10,13H2,1-3H3. The van der Waals surface area contributed by atoms with E-state index in [1.54, 1.807) is 0 Å². The summed E-state index contributed by atoms with van der Waals surface area (Å²) in [6.45, 7) is 7.85. The average molecular weight is 185 g/mol. The van der Waals surface area contributed by atoms with Gasteiger partial charge in [0.15, 0.2) is 0 Å². The third-order valence-corrected chi connectivity index (χ3v) is 2.88. The van der Waals surface area contributed by atoms with E-state index in [0.29, 0.717) is 0 Å². The van der Waals surface area contributed by atoms with Gasteiger partial charge in [0.25, 0.3) is 0 Å². The molecule has 13 heavy (non-hydrogen) atoms. The number of rotatable bonds is 8. The fourth-order valence-corrected chi connectivity index (χ4v) is 1.91. The van der Waals surface area contributed by atoms with Gasteiger partial charge in [-0.05, 0) is 24.8 Å². The molecular weight excluding hydrogens is 158 g/mol. The molecule has 0 aliphatic rings. The van der Waals surface area contributed by atoms with Crippen LogP contribution in [0.2, 0.25) is 0 Å². The highest BCUT2D eigenvalue weighted by molar-refractivity contribution is 4.62. The fourth-order valence-electron chi connectivity index (χ4n) is 1.91. The van der Waals surface area contributed by atoms with Crippen LogP contribution >= 0.6 is 0 Å². The fraction of sp³-hybridized carbons (Fsp3) is 1.00. The molecule has 1 heteroatoms. The molecule has 0 aliphatic carbocycles. The SMILES string of the molecule is CCCC(CCCCCN)C(C)C. The molecule has 1 atom stereocenters. The first-order valence-corrected chi connectivity index (χ1v) is 5.92. The van der Waals surface area contributed by atoms with Crippen LogP contribution in [-0.2, 0) is 0 Å². The summed E-state index contributed by atoms with van der Waals surface area (Å²) in [5, 5.41) is 0. The van der Waals surface area contributed by atoms with Crippen LogP contribution < -0.4 is 5.73 Å². The second kappa shape index (κ2) is 8.55. The number of hydrogen-bond donors (Lipinski definition) is 1. The Bertz CT molecular complexity index is 99.3. The quantitative estimate of drug-likeness (QED) is 0.575. The predicted molar refractivity (Wildman–Crippen MR) is 60.8 cm³/mol. The first-order valence-electron chi connectivity index (χ1n) is 5.92. The van der Waals surface area contributed by atoms with Gasteiger partial charge in [0.05, 0.1) is 0 Å². The molecule has 0 radical (unpaired) electrons. The lowest BCUT2D eigenvalue weighted by Crippen LogP contribution is -2.08. The number of hydrogen-bond acceptors (Lipinski definition) is 1. The second-order valence-electron chi connectivity index (χ2n) is 4.43. The summed E-state index contributed by atoms with van der Waals surface area (Å²) >= 11 is 0. The Balaban J connectivity index is 3.45. The Kier molecular flexibility index (Phi) is 8.53. The van der Waals surface area contributed by atoms with Crippen LogP contribution in [0.4, 0.5) is 0 Å². The van der Waals surface area contributed by atoms with E-state index in [-0.39, 0.29) is 0 Å². The predicted octanol–water partition coefficient (Wildman–Crippen LogP) is 3.58. The van der Waals surface area contributed by atoms with Crippen LogP contribution in [0.15, 0.2) is 0 Å². The molecule has 0 rings (SSSR count). The summed E-state index contributed by atoms with van der Waals surface area (Å²) in [5.74, 6) is 1.81. The molecule has 0 heterocycles. The van der Waals surface area contributed by atoms with Crippen molar-refractivity contribution in [3.63, 3.8) is 0 Å². The third-order valence-electron chi connectivity index (χ3n) is 2.88. The van der Waals surface area contributed by atoms with Gasteiger partial charge in [-0.3, -0.25) is 0 Å². The van der Waals surface area contributed by atoms with Crippen LogP contribution in [0.1, 0.15) is 59.3 Å². The summed E-state index contributed by atoms with van der Waals surface area (Å²) in [6, 6.07) is 0. The van der Waals surface area contributed by atoms with Gasteiger partial charge >= 0.3 is 0 Å². The summed E-state index contributed by atoms with van der Waals surface area (Å²) in [6.07, 6.45) is 8.05. The van der Waals surface area contributed by atoms with E-state index >= 15 is 0 Å². The van der Waals surface area contributed by atoms with Gasteiger partial charge in [-0.1, -0.05) is 52.9 Å². The summed E-state index contributed by atoms with van der Waals surface area (Å²) in [5.41, 5.74) is 5.46. The molecule has 0 saturated heterocycles. The van der Waals surface area contributed by atoms with E-state index in [4.69, 9.17) is 5.73 Å². The minimum absolute atomic E-state index is 0.859. The maximum atomic E-state index is 5.46. The van der Waals surface area contributed by atoms with Crippen LogP contribution in [0.3, 0.4) is 0 Å². The first kappa shape index (κ1) is 13.0. The number of nitrogens with two attached hydrogens (primary N) is 1. The van der Waals surface area contributed by atoms with Crippen molar-refractivity contribution in [2.75, 3.05) is 6.54 Å². The van der Waals surface area contributed by atoms with Crippen molar-refractivity contribution in [3.8, 4) is 0 Å². The van der Waals surface area contributed by atoms with Gasteiger partial charge in [-0.2, -0.15) is 0 Å². The molecule has 1 unspecified atom stereocenters. The molecule has 1 nitrogen and oxygen atoms in total. The van der Waals surface area contributed by atoms with Crippen molar-refractivity contribution in [2.24, 2.45) is 17.6 Å². The molecule has 0 aliphatic heterocycles. The number of unbranched alkanes of at least 4 members (excludes halogenated alkanes) is 2. The van der Waals surface area contributed by atoms with Crippen molar-refractivity contribution in [1.82, 2.24) is 0 Å². The molecule has 80 valence electrons. The van der Waals surface area contributed by atoms with E-state index in [1.165, 1.54) is 38.5 Å². The van der Waals surface area contributed by atoms with Gasteiger partial charge < -0.3 is 5.73 Å². The minimum atomic E-state index is 0.859. The van der Waals surface area contributed by atoms with Crippen molar-refractivity contribution in [2.45, 2.75) is 59.3 Å². The summed E-state index contributed by atoms with van der Waals surface area (Å²) < 4.78 is 0.